The van der Waals surface area contributed by atoms with E-state index in [0.717, 1.165) is 27.0 Å². The minimum atomic E-state index is 0.434. The fourth-order valence-electron chi connectivity index (χ4n) is 2.58. The average molecular weight is 384 g/mol. The van der Waals surface area contributed by atoms with Crippen LogP contribution in [0.5, 0.6) is 0 Å². The Morgan fingerprint density at radius 1 is 1.12 bits per heavy atom. The predicted molar refractivity (Wildman–Crippen MR) is 108 cm³/mol. The van der Waals surface area contributed by atoms with E-state index in [1.807, 2.05) is 31.2 Å². The zero-order chi connectivity index (χ0) is 17.7. The second-order valence-electron chi connectivity index (χ2n) is 5.47. The zero-order valence-corrected chi connectivity index (χ0v) is 15.9. The van der Waals surface area contributed by atoms with Gasteiger partial charge in [0.1, 0.15) is 5.84 Å². The van der Waals surface area contributed by atoms with Gasteiger partial charge in [0.15, 0.2) is 0 Å². The van der Waals surface area contributed by atoms with Crippen LogP contribution in [0.1, 0.15) is 24.5 Å². The van der Waals surface area contributed by atoms with Gasteiger partial charge < -0.3 is 5.73 Å². The van der Waals surface area contributed by atoms with Crippen LogP contribution >= 0.6 is 15.9 Å². The predicted octanol–water partition coefficient (Wildman–Crippen LogP) is 5.72. The van der Waals surface area contributed by atoms with E-state index in [4.69, 9.17) is 5.73 Å². The second-order valence-corrected chi connectivity index (χ2v) is 6.33. The molecule has 0 aromatic heterocycles. The fourth-order valence-corrected chi connectivity index (χ4v) is 2.94. The molecule has 0 spiro atoms. The first-order chi connectivity index (χ1) is 11.5. The first-order valence-corrected chi connectivity index (χ1v) is 8.66. The number of nitrogens with two attached hydrogens (primary N) is 1. The van der Waals surface area contributed by atoms with E-state index in [2.05, 4.69) is 58.5 Å². The number of hydrogen-bond donors (Lipinski definition) is 1. The summed E-state index contributed by atoms with van der Waals surface area (Å²) in [7, 11) is 0. The minimum absolute atomic E-state index is 0.434. The number of halogens is 1. The standard InChI is InChI=1S/C20H22BrN3/c1-5-18(23-6-2)20(22)24-19-12-8-10-16(14(19)4)15-9-7-11-17(21)13(15)3/h6-12H,2,5H2,1,3-4H3,(H2,22,24). The van der Waals surface area contributed by atoms with Crippen LogP contribution in [0.25, 0.3) is 11.1 Å². The van der Waals surface area contributed by atoms with Crippen molar-refractivity contribution in [3.63, 3.8) is 0 Å². The molecule has 0 aliphatic carbocycles. The Hall–Kier alpha value is -2.20. The first kappa shape index (κ1) is 18.1. The summed E-state index contributed by atoms with van der Waals surface area (Å²) in [6, 6.07) is 12.3. The third-order valence-electron chi connectivity index (χ3n) is 3.98. The van der Waals surface area contributed by atoms with Crippen molar-refractivity contribution in [1.82, 2.24) is 0 Å². The van der Waals surface area contributed by atoms with Crippen LogP contribution in [-0.2, 0) is 0 Å². The summed E-state index contributed by atoms with van der Waals surface area (Å²) in [4.78, 5) is 8.78. The van der Waals surface area contributed by atoms with Crippen LogP contribution in [0.4, 0.5) is 5.69 Å². The lowest BCUT2D eigenvalue weighted by molar-refractivity contribution is 1.28. The Labute approximate surface area is 152 Å². The summed E-state index contributed by atoms with van der Waals surface area (Å²) in [5, 5.41) is 0. The highest BCUT2D eigenvalue weighted by molar-refractivity contribution is 9.10. The molecular weight excluding hydrogens is 362 g/mol. The van der Waals surface area contributed by atoms with Gasteiger partial charge in [-0.1, -0.05) is 53.7 Å². The molecule has 24 heavy (non-hydrogen) atoms. The number of benzene rings is 2. The van der Waals surface area contributed by atoms with E-state index in [9.17, 15) is 0 Å². The molecule has 0 saturated carbocycles. The highest BCUT2D eigenvalue weighted by atomic mass is 79.9. The molecule has 0 radical (unpaired) electrons. The molecule has 0 aliphatic rings. The monoisotopic (exact) mass is 383 g/mol. The van der Waals surface area contributed by atoms with Gasteiger partial charge >= 0.3 is 0 Å². The van der Waals surface area contributed by atoms with E-state index in [1.54, 1.807) is 0 Å². The maximum Gasteiger partial charge on any atom is 0.145 e. The molecule has 0 bridgehead atoms. The van der Waals surface area contributed by atoms with Crippen molar-refractivity contribution < 1.29 is 0 Å². The van der Waals surface area contributed by atoms with Crippen molar-refractivity contribution in [3.8, 4) is 11.1 Å². The molecule has 2 aromatic rings. The Balaban J connectivity index is 2.55. The van der Waals surface area contributed by atoms with Gasteiger partial charge in [0, 0.05) is 10.7 Å². The Morgan fingerprint density at radius 3 is 2.38 bits per heavy atom. The summed E-state index contributed by atoms with van der Waals surface area (Å²) in [6.45, 7) is 9.80. The molecule has 0 heterocycles. The Kier molecular flexibility index (Phi) is 6.10. The van der Waals surface area contributed by atoms with Crippen molar-refractivity contribution in [3.05, 3.63) is 64.8 Å². The van der Waals surface area contributed by atoms with E-state index >= 15 is 0 Å². The van der Waals surface area contributed by atoms with E-state index in [0.29, 0.717) is 12.3 Å². The molecule has 0 unspecified atom stereocenters. The van der Waals surface area contributed by atoms with Crippen LogP contribution < -0.4 is 5.73 Å². The quantitative estimate of drug-likeness (QED) is 0.521. The zero-order valence-electron chi connectivity index (χ0n) is 14.3. The number of rotatable bonds is 5. The SMILES string of the molecule is C=CN=C(CC)C(N)=Nc1cccc(-c2cccc(Br)c2C)c1C. The number of amidine groups is 1. The van der Waals surface area contributed by atoms with Gasteiger partial charge in [0.25, 0.3) is 0 Å². The molecule has 124 valence electrons. The van der Waals surface area contributed by atoms with Crippen molar-refractivity contribution in [2.24, 2.45) is 15.7 Å². The molecule has 0 saturated heterocycles. The molecular formula is C20H22BrN3. The summed E-state index contributed by atoms with van der Waals surface area (Å²) >= 11 is 3.60. The number of hydrogen-bond acceptors (Lipinski definition) is 2. The highest BCUT2D eigenvalue weighted by Crippen LogP contribution is 2.34. The summed E-state index contributed by atoms with van der Waals surface area (Å²) in [6.07, 6.45) is 2.21. The van der Waals surface area contributed by atoms with Gasteiger partial charge in [-0.25, -0.2) is 4.99 Å². The molecule has 2 rings (SSSR count). The van der Waals surface area contributed by atoms with Gasteiger partial charge in [0.05, 0.1) is 11.4 Å². The third-order valence-corrected chi connectivity index (χ3v) is 4.84. The van der Waals surface area contributed by atoms with Crippen LogP contribution in [0.15, 0.2) is 63.6 Å². The van der Waals surface area contributed by atoms with Gasteiger partial charge in [-0.2, -0.15) is 0 Å². The summed E-state index contributed by atoms with van der Waals surface area (Å²) in [5.74, 6) is 0.434. The minimum Gasteiger partial charge on any atom is -0.382 e. The van der Waals surface area contributed by atoms with Gasteiger partial charge in [-0.05, 0) is 54.7 Å². The first-order valence-electron chi connectivity index (χ1n) is 7.86. The largest absolute Gasteiger partial charge is 0.382 e. The lowest BCUT2D eigenvalue weighted by Gasteiger charge is -2.13. The smallest absolute Gasteiger partial charge is 0.145 e. The normalized spacial score (nSPS) is 12.3. The van der Waals surface area contributed by atoms with E-state index < -0.39 is 0 Å². The van der Waals surface area contributed by atoms with Crippen molar-refractivity contribution in [1.29, 1.82) is 0 Å². The molecule has 0 atom stereocenters. The maximum atomic E-state index is 6.12. The molecule has 2 N–H and O–H groups in total. The second kappa shape index (κ2) is 8.06. The fraction of sp³-hybridized carbons (Fsp3) is 0.200. The van der Waals surface area contributed by atoms with Crippen LogP contribution in [-0.4, -0.2) is 11.5 Å². The number of aliphatic imine (C=N–C) groups is 2. The Morgan fingerprint density at radius 2 is 1.75 bits per heavy atom. The topological polar surface area (TPSA) is 50.7 Å². The van der Waals surface area contributed by atoms with Crippen molar-refractivity contribution in [2.75, 3.05) is 0 Å². The Bertz CT molecular complexity index is 820. The lowest BCUT2D eigenvalue weighted by atomic mass is 9.96. The molecule has 0 amide bonds. The molecule has 4 heteroatoms. The molecule has 2 aromatic carbocycles. The van der Waals surface area contributed by atoms with Crippen LogP contribution in [0, 0.1) is 13.8 Å². The summed E-state index contributed by atoms with van der Waals surface area (Å²) in [5.41, 5.74) is 12.4. The molecule has 0 fully saturated rings. The van der Waals surface area contributed by atoms with Crippen LogP contribution in [0.3, 0.4) is 0 Å². The molecule has 3 nitrogen and oxygen atoms in total. The van der Waals surface area contributed by atoms with E-state index in [1.165, 1.54) is 17.3 Å². The van der Waals surface area contributed by atoms with Crippen molar-refractivity contribution >= 4 is 33.2 Å². The maximum absolute atomic E-state index is 6.12. The van der Waals surface area contributed by atoms with Gasteiger partial charge in [-0.15, -0.1) is 0 Å². The van der Waals surface area contributed by atoms with Gasteiger partial charge in [0.2, 0.25) is 0 Å². The summed E-state index contributed by atoms with van der Waals surface area (Å²) < 4.78 is 1.10. The van der Waals surface area contributed by atoms with E-state index in [-0.39, 0.29) is 0 Å². The molecule has 0 aliphatic heterocycles. The average Bonchev–Trinajstić information content (AvgIpc) is 2.57. The van der Waals surface area contributed by atoms with Crippen LogP contribution in [0.2, 0.25) is 0 Å². The highest BCUT2D eigenvalue weighted by Gasteiger charge is 2.10. The van der Waals surface area contributed by atoms with Gasteiger partial charge in [-0.3, -0.25) is 4.99 Å². The lowest BCUT2D eigenvalue weighted by Crippen LogP contribution is -2.22. The van der Waals surface area contributed by atoms with Crippen molar-refractivity contribution in [2.45, 2.75) is 27.2 Å². The number of nitrogens with zero attached hydrogens (tertiary/aromatic N) is 2. The third kappa shape index (κ3) is 3.82.